The van der Waals surface area contributed by atoms with Gasteiger partial charge < -0.3 is 0 Å². The van der Waals surface area contributed by atoms with E-state index in [2.05, 4.69) is 27.1 Å². The van der Waals surface area contributed by atoms with Crippen molar-refractivity contribution in [1.82, 2.24) is 19.9 Å². The fourth-order valence-corrected chi connectivity index (χ4v) is 2.88. The summed E-state index contributed by atoms with van der Waals surface area (Å²) in [6, 6.07) is 16.2. The molecule has 0 unspecified atom stereocenters. The number of rotatable bonds is 3. The van der Waals surface area contributed by atoms with Crippen LogP contribution in [0.2, 0.25) is 0 Å². The third kappa shape index (κ3) is 3.35. The minimum atomic E-state index is 0.881. The Morgan fingerprint density at radius 1 is 0.577 bits per heavy atom. The van der Waals surface area contributed by atoms with Gasteiger partial charge in [-0.3, -0.25) is 15.0 Å². The molecule has 0 bridgehead atoms. The smallest absolute Gasteiger partial charge is 0.0725 e. The second-order valence-electron chi connectivity index (χ2n) is 6.29. The molecule has 4 heteroatoms. The quantitative estimate of drug-likeness (QED) is 0.534. The van der Waals surface area contributed by atoms with Crippen molar-refractivity contribution >= 4 is 0 Å². The lowest BCUT2D eigenvalue weighted by atomic mass is 10.1. The van der Waals surface area contributed by atoms with E-state index in [0.29, 0.717) is 0 Å². The number of aryl methyl sites for hydroxylation is 2. The van der Waals surface area contributed by atoms with Crippen LogP contribution in [0.15, 0.2) is 73.3 Å². The monoisotopic (exact) mass is 338 g/mol. The summed E-state index contributed by atoms with van der Waals surface area (Å²) in [6.45, 7) is 4.02. The molecule has 4 rings (SSSR count). The van der Waals surface area contributed by atoms with Gasteiger partial charge in [-0.15, -0.1) is 0 Å². The van der Waals surface area contributed by atoms with Crippen LogP contribution >= 0.6 is 0 Å². The van der Waals surface area contributed by atoms with Crippen LogP contribution in [0.25, 0.3) is 33.8 Å². The summed E-state index contributed by atoms with van der Waals surface area (Å²) >= 11 is 0. The second kappa shape index (κ2) is 6.84. The predicted octanol–water partition coefficient (Wildman–Crippen LogP) is 4.88. The molecular formula is C22H18N4. The zero-order valence-electron chi connectivity index (χ0n) is 14.7. The minimum Gasteiger partial charge on any atom is -0.264 e. The summed E-state index contributed by atoms with van der Waals surface area (Å²) in [6.07, 6.45) is 7.35. The number of aromatic nitrogens is 4. The van der Waals surface area contributed by atoms with Gasteiger partial charge in [-0.05, 0) is 55.8 Å². The van der Waals surface area contributed by atoms with Gasteiger partial charge in [0, 0.05) is 47.2 Å². The van der Waals surface area contributed by atoms with E-state index in [9.17, 15) is 0 Å². The third-order valence-corrected chi connectivity index (χ3v) is 4.14. The number of hydrogen-bond donors (Lipinski definition) is 0. The fourth-order valence-electron chi connectivity index (χ4n) is 2.88. The molecule has 4 aromatic rings. The molecule has 0 atom stereocenters. The van der Waals surface area contributed by atoms with Gasteiger partial charge in [0.05, 0.1) is 17.1 Å². The maximum absolute atomic E-state index is 4.81. The van der Waals surface area contributed by atoms with Gasteiger partial charge >= 0.3 is 0 Å². The molecule has 4 heterocycles. The van der Waals surface area contributed by atoms with Crippen LogP contribution in [0.4, 0.5) is 0 Å². The first-order valence-corrected chi connectivity index (χ1v) is 8.47. The van der Waals surface area contributed by atoms with Gasteiger partial charge in [-0.2, -0.15) is 0 Å². The van der Waals surface area contributed by atoms with E-state index in [1.807, 2.05) is 75.0 Å². The lowest BCUT2D eigenvalue weighted by Crippen LogP contribution is -1.92. The molecule has 0 aliphatic carbocycles. The van der Waals surface area contributed by atoms with Gasteiger partial charge in [0.1, 0.15) is 0 Å². The minimum absolute atomic E-state index is 0.881. The SMILES string of the molecule is Cc1cncc(-c2cccc(-c3cncc(-c4cccc(C)n4)c3)n2)c1. The highest BCUT2D eigenvalue weighted by atomic mass is 14.7. The Balaban J connectivity index is 1.75. The summed E-state index contributed by atoms with van der Waals surface area (Å²) < 4.78 is 0. The molecule has 0 spiro atoms. The standard InChI is InChI=1S/C22H18N4/c1-15-9-17(12-23-11-15)21-7-4-8-22(26-21)19-10-18(13-24-14-19)20-6-3-5-16(2)25-20/h3-14H,1-2H3. The Bertz CT molecular complexity index is 986. The summed E-state index contributed by atoms with van der Waals surface area (Å²) in [5.74, 6) is 0. The lowest BCUT2D eigenvalue weighted by molar-refractivity contribution is 1.19. The molecule has 0 aliphatic heterocycles. The van der Waals surface area contributed by atoms with E-state index in [1.54, 1.807) is 0 Å². The molecule has 4 nitrogen and oxygen atoms in total. The maximum Gasteiger partial charge on any atom is 0.0725 e. The highest BCUT2D eigenvalue weighted by Crippen LogP contribution is 2.25. The molecular weight excluding hydrogens is 320 g/mol. The van der Waals surface area contributed by atoms with Crippen LogP contribution in [0, 0.1) is 13.8 Å². The first-order chi connectivity index (χ1) is 12.7. The van der Waals surface area contributed by atoms with Gasteiger partial charge in [-0.1, -0.05) is 12.1 Å². The normalized spacial score (nSPS) is 10.7. The van der Waals surface area contributed by atoms with E-state index in [1.165, 1.54) is 0 Å². The molecule has 0 radical (unpaired) electrons. The molecule has 0 saturated heterocycles. The van der Waals surface area contributed by atoms with Crippen molar-refractivity contribution in [1.29, 1.82) is 0 Å². The molecule has 26 heavy (non-hydrogen) atoms. The molecule has 0 fully saturated rings. The van der Waals surface area contributed by atoms with Gasteiger partial charge in [-0.25, -0.2) is 4.98 Å². The Hall–Kier alpha value is -3.40. The van der Waals surface area contributed by atoms with Crippen LogP contribution in [0.3, 0.4) is 0 Å². The first kappa shape index (κ1) is 16.1. The Labute approximate surface area is 152 Å². The fraction of sp³-hybridized carbons (Fsp3) is 0.0909. The molecule has 0 N–H and O–H groups in total. The van der Waals surface area contributed by atoms with E-state index in [-0.39, 0.29) is 0 Å². The van der Waals surface area contributed by atoms with Crippen molar-refractivity contribution in [2.45, 2.75) is 13.8 Å². The van der Waals surface area contributed by atoms with E-state index in [0.717, 1.165) is 45.0 Å². The summed E-state index contributed by atoms with van der Waals surface area (Å²) in [5.41, 5.74) is 7.76. The molecule has 0 amide bonds. The maximum atomic E-state index is 4.81. The molecule has 0 saturated carbocycles. The van der Waals surface area contributed by atoms with Crippen LogP contribution in [-0.2, 0) is 0 Å². The van der Waals surface area contributed by atoms with Crippen molar-refractivity contribution < 1.29 is 0 Å². The lowest BCUT2D eigenvalue weighted by Gasteiger charge is -2.07. The molecule has 126 valence electrons. The Morgan fingerprint density at radius 3 is 1.73 bits per heavy atom. The van der Waals surface area contributed by atoms with Crippen LogP contribution in [-0.4, -0.2) is 19.9 Å². The first-order valence-electron chi connectivity index (χ1n) is 8.47. The summed E-state index contributed by atoms with van der Waals surface area (Å²) in [5, 5.41) is 0. The third-order valence-electron chi connectivity index (χ3n) is 4.14. The highest BCUT2D eigenvalue weighted by Gasteiger charge is 2.07. The topological polar surface area (TPSA) is 51.6 Å². The average Bonchev–Trinajstić information content (AvgIpc) is 2.68. The Morgan fingerprint density at radius 2 is 1.12 bits per heavy atom. The van der Waals surface area contributed by atoms with Crippen LogP contribution in [0.1, 0.15) is 11.3 Å². The van der Waals surface area contributed by atoms with E-state index < -0.39 is 0 Å². The Kier molecular flexibility index (Phi) is 4.23. The second-order valence-corrected chi connectivity index (χ2v) is 6.29. The van der Waals surface area contributed by atoms with Gasteiger partial charge in [0.2, 0.25) is 0 Å². The van der Waals surface area contributed by atoms with Crippen molar-refractivity contribution in [3.8, 4) is 33.8 Å². The van der Waals surface area contributed by atoms with Gasteiger partial charge in [0.25, 0.3) is 0 Å². The van der Waals surface area contributed by atoms with Crippen LogP contribution in [0.5, 0.6) is 0 Å². The highest BCUT2D eigenvalue weighted by molar-refractivity contribution is 5.70. The molecule has 0 aromatic carbocycles. The van der Waals surface area contributed by atoms with Crippen molar-refractivity contribution in [2.24, 2.45) is 0 Å². The average molecular weight is 338 g/mol. The zero-order valence-corrected chi connectivity index (χ0v) is 14.7. The number of pyridine rings is 4. The number of nitrogens with zero attached hydrogens (tertiary/aromatic N) is 4. The molecule has 0 aliphatic rings. The van der Waals surface area contributed by atoms with E-state index >= 15 is 0 Å². The largest absolute Gasteiger partial charge is 0.264 e. The number of hydrogen-bond acceptors (Lipinski definition) is 4. The zero-order chi connectivity index (χ0) is 17.9. The van der Waals surface area contributed by atoms with Crippen molar-refractivity contribution in [3.05, 3.63) is 84.6 Å². The summed E-state index contributed by atoms with van der Waals surface area (Å²) in [4.78, 5) is 18.0. The van der Waals surface area contributed by atoms with Crippen molar-refractivity contribution in [3.63, 3.8) is 0 Å². The molecule has 4 aromatic heterocycles. The van der Waals surface area contributed by atoms with E-state index in [4.69, 9.17) is 4.98 Å². The predicted molar refractivity (Wildman–Crippen MR) is 103 cm³/mol. The van der Waals surface area contributed by atoms with Crippen molar-refractivity contribution in [2.75, 3.05) is 0 Å². The van der Waals surface area contributed by atoms with Gasteiger partial charge in [0.15, 0.2) is 0 Å². The van der Waals surface area contributed by atoms with Crippen LogP contribution < -0.4 is 0 Å². The summed E-state index contributed by atoms with van der Waals surface area (Å²) in [7, 11) is 0.